The average Bonchev–Trinajstić information content (AvgIpc) is 3.65. The summed E-state index contributed by atoms with van der Waals surface area (Å²) < 4.78 is 4.55. The van der Waals surface area contributed by atoms with Crippen LogP contribution in [-0.4, -0.2) is 47.4 Å². The number of fused-ring (bicyclic) bond motifs is 1. The van der Waals surface area contributed by atoms with E-state index in [4.69, 9.17) is 0 Å². The van der Waals surface area contributed by atoms with Gasteiger partial charge in [0.15, 0.2) is 0 Å². The van der Waals surface area contributed by atoms with Crippen molar-refractivity contribution in [3.05, 3.63) is 70.9 Å². The molecule has 5 fully saturated rings. The van der Waals surface area contributed by atoms with Gasteiger partial charge in [-0.05, 0) is 96.6 Å². The van der Waals surface area contributed by atoms with Crippen LogP contribution >= 0.6 is 0 Å². The second-order valence-electron chi connectivity index (χ2n) is 13.0. The van der Waals surface area contributed by atoms with Crippen LogP contribution in [0.25, 0.3) is 10.9 Å². The van der Waals surface area contributed by atoms with E-state index in [0.717, 1.165) is 17.4 Å². The zero-order valence-electron chi connectivity index (χ0n) is 26.3. The van der Waals surface area contributed by atoms with E-state index >= 15 is 0 Å². The van der Waals surface area contributed by atoms with Gasteiger partial charge < -0.3 is 19.9 Å². The maximum atomic E-state index is 13.3. The molecule has 5 unspecified atom stereocenters. The Kier molecular flexibility index (Phi) is 9.28. The molecule has 3 aromatic rings. The van der Waals surface area contributed by atoms with Crippen molar-refractivity contribution >= 4 is 29.2 Å². The summed E-state index contributed by atoms with van der Waals surface area (Å²) >= 11 is 0. The van der Waals surface area contributed by atoms with Gasteiger partial charge >= 0.3 is 5.97 Å². The molecular weight excluding hydrogens is 538 g/mol. The smallest absolute Gasteiger partial charge is 0.337 e. The Hall–Kier alpha value is -3.61. The molecule has 3 aliphatic carbocycles. The van der Waals surface area contributed by atoms with Gasteiger partial charge in [-0.15, -0.1) is 0 Å². The summed E-state index contributed by atoms with van der Waals surface area (Å²) in [6.45, 7) is 9.16. The Labute approximate surface area is 255 Å². The summed E-state index contributed by atoms with van der Waals surface area (Å²) in [4.78, 5) is 40.2. The number of esters is 1. The van der Waals surface area contributed by atoms with Gasteiger partial charge in [0, 0.05) is 42.1 Å². The van der Waals surface area contributed by atoms with Gasteiger partial charge in [-0.2, -0.15) is 0 Å². The number of ether oxygens (including phenoxy) is 1. The standard InChI is InChI=1S/C24H30N2O.C10H11NO3.C2H6/c1-14(19-13-25-20-5-3-4-18(23(19)20)15-6-7-15)8-22(27)26-17-9-16-10-24(2,11-17)12-21(16)26;1-14-10(13)9-4-2-8(3-5-9)6-11-7-12;1-2/h3-5,13-17,21,25H,6-12H2,1-2H3;2-5,7H,6H2,1H3,(H,11,12);1-2H3. The molecule has 7 nitrogen and oxygen atoms in total. The minimum absolute atomic E-state index is 0.276. The highest BCUT2D eigenvalue weighted by atomic mass is 16.5. The monoisotopic (exact) mass is 585 g/mol. The SMILES string of the molecule is CC.CC(CC(=O)N1C2CC3CC(C)(C2)CC31)c1c[nH]c2cccc(C3CC3)c12.COC(=O)c1ccc(CNC=O)cc1. The van der Waals surface area contributed by atoms with E-state index in [1.54, 1.807) is 24.3 Å². The van der Waals surface area contributed by atoms with Crippen LogP contribution in [-0.2, 0) is 20.9 Å². The van der Waals surface area contributed by atoms with Crippen LogP contribution in [0.2, 0.25) is 0 Å². The molecular formula is C36H47N3O4. The van der Waals surface area contributed by atoms with Crippen LogP contribution in [0.5, 0.6) is 0 Å². The Morgan fingerprint density at radius 1 is 1.12 bits per heavy atom. The van der Waals surface area contributed by atoms with Crippen molar-refractivity contribution in [2.45, 2.75) is 103 Å². The number of amides is 2. The molecule has 4 bridgehead atoms. The van der Waals surface area contributed by atoms with E-state index in [1.165, 1.54) is 67.7 Å². The summed E-state index contributed by atoms with van der Waals surface area (Å²) in [5, 5.41) is 3.93. The molecule has 5 atom stereocenters. The highest BCUT2D eigenvalue weighted by Crippen LogP contribution is 2.59. The number of hydrogen-bond donors (Lipinski definition) is 2. The number of H-pyrrole nitrogens is 1. The lowest BCUT2D eigenvalue weighted by atomic mass is 9.75. The normalized spacial score (nSPS) is 25.3. The Bertz CT molecular complexity index is 1440. The van der Waals surface area contributed by atoms with Crippen molar-refractivity contribution in [2.75, 3.05) is 7.11 Å². The van der Waals surface area contributed by atoms with Gasteiger partial charge in [0.25, 0.3) is 0 Å². The molecule has 43 heavy (non-hydrogen) atoms. The van der Waals surface area contributed by atoms with Crippen LogP contribution in [0.3, 0.4) is 0 Å². The Morgan fingerprint density at radius 2 is 1.86 bits per heavy atom. The maximum absolute atomic E-state index is 13.3. The minimum atomic E-state index is -0.361. The molecule has 2 aliphatic heterocycles. The third-order valence-corrected chi connectivity index (χ3v) is 9.90. The van der Waals surface area contributed by atoms with Gasteiger partial charge in [-0.1, -0.05) is 52.0 Å². The summed E-state index contributed by atoms with van der Waals surface area (Å²) in [6, 6.07) is 14.6. The molecule has 1 aromatic heterocycles. The lowest BCUT2D eigenvalue weighted by molar-refractivity contribution is -0.137. The number of methoxy groups -OCH3 is 1. The molecule has 2 amide bonds. The van der Waals surface area contributed by atoms with Crippen LogP contribution in [0, 0.1) is 11.3 Å². The van der Waals surface area contributed by atoms with Crippen LogP contribution in [0.15, 0.2) is 48.7 Å². The lowest BCUT2D eigenvalue weighted by Crippen LogP contribution is -2.47. The third-order valence-electron chi connectivity index (χ3n) is 9.90. The Morgan fingerprint density at radius 3 is 2.51 bits per heavy atom. The zero-order valence-corrected chi connectivity index (χ0v) is 26.3. The molecule has 5 aliphatic rings. The van der Waals surface area contributed by atoms with Crippen LogP contribution in [0.4, 0.5) is 0 Å². The average molecular weight is 586 g/mol. The number of carbonyl (C=O) groups excluding carboxylic acids is 3. The third kappa shape index (κ3) is 6.36. The van der Waals surface area contributed by atoms with Crippen molar-refractivity contribution in [3.63, 3.8) is 0 Å². The Balaban J connectivity index is 0.000000196. The van der Waals surface area contributed by atoms with Crippen LogP contribution in [0.1, 0.15) is 112 Å². The van der Waals surface area contributed by atoms with E-state index in [0.29, 0.717) is 48.3 Å². The van der Waals surface area contributed by atoms with Gasteiger partial charge in [0.1, 0.15) is 0 Å². The number of piperidine rings is 1. The topological polar surface area (TPSA) is 91.5 Å². The summed E-state index contributed by atoms with van der Waals surface area (Å²) in [5.41, 5.74) is 6.04. The first-order chi connectivity index (χ1) is 20.8. The van der Waals surface area contributed by atoms with Crippen molar-refractivity contribution in [2.24, 2.45) is 11.3 Å². The largest absolute Gasteiger partial charge is 0.465 e. The lowest BCUT2D eigenvalue weighted by Gasteiger charge is -2.42. The van der Waals surface area contributed by atoms with Crippen molar-refractivity contribution in [3.8, 4) is 0 Å². The first kappa shape index (κ1) is 30.8. The predicted octanol–water partition coefficient (Wildman–Crippen LogP) is 7.07. The number of benzene rings is 2. The predicted molar refractivity (Wildman–Crippen MR) is 170 cm³/mol. The quantitative estimate of drug-likeness (QED) is 0.218. The molecule has 230 valence electrons. The number of nitrogens with one attached hydrogen (secondary N) is 2. The second kappa shape index (κ2) is 12.9. The summed E-state index contributed by atoms with van der Waals surface area (Å²) in [6.07, 6.45) is 11.2. The molecule has 2 saturated heterocycles. The first-order valence-electron chi connectivity index (χ1n) is 16.1. The van der Waals surface area contributed by atoms with Crippen molar-refractivity contribution in [1.82, 2.24) is 15.2 Å². The fourth-order valence-corrected chi connectivity index (χ4v) is 8.01. The number of carbonyl (C=O) groups is 3. The van der Waals surface area contributed by atoms with Crippen LogP contribution < -0.4 is 5.32 Å². The number of hydrogen-bond acceptors (Lipinski definition) is 4. The number of rotatable bonds is 8. The molecule has 2 N–H and O–H groups in total. The molecule has 8 rings (SSSR count). The van der Waals surface area contributed by atoms with Gasteiger partial charge in [-0.25, -0.2) is 4.79 Å². The molecule has 3 heterocycles. The fraction of sp³-hybridized carbons (Fsp3) is 0.528. The molecule has 3 saturated carbocycles. The van der Waals surface area contributed by atoms with E-state index in [1.807, 2.05) is 13.8 Å². The highest BCUT2D eigenvalue weighted by molar-refractivity contribution is 5.90. The van der Waals surface area contributed by atoms with Gasteiger partial charge in [-0.3, -0.25) is 9.59 Å². The zero-order chi connectivity index (χ0) is 30.7. The number of nitrogens with zero attached hydrogens (tertiary/aromatic N) is 1. The number of aromatic amines is 1. The minimum Gasteiger partial charge on any atom is -0.465 e. The highest BCUT2D eigenvalue weighted by Gasteiger charge is 2.58. The van der Waals surface area contributed by atoms with Crippen molar-refractivity contribution in [1.29, 1.82) is 0 Å². The number of aromatic nitrogens is 1. The summed E-state index contributed by atoms with van der Waals surface area (Å²) in [5.74, 6) is 1.83. The molecule has 0 radical (unpaired) electrons. The van der Waals surface area contributed by atoms with E-state index in [9.17, 15) is 14.4 Å². The van der Waals surface area contributed by atoms with Crippen molar-refractivity contribution < 1.29 is 19.1 Å². The van der Waals surface area contributed by atoms with E-state index in [-0.39, 0.29) is 11.9 Å². The van der Waals surface area contributed by atoms with Gasteiger partial charge in [0.05, 0.1) is 12.7 Å². The molecule has 7 heteroatoms. The fourth-order valence-electron chi connectivity index (χ4n) is 8.01. The van der Waals surface area contributed by atoms with E-state index < -0.39 is 0 Å². The van der Waals surface area contributed by atoms with E-state index in [2.05, 4.69) is 58.2 Å². The first-order valence-corrected chi connectivity index (χ1v) is 16.1. The van der Waals surface area contributed by atoms with Gasteiger partial charge in [0.2, 0.25) is 12.3 Å². The molecule has 0 spiro atoms. The molecule has 2 aromatic carbocycles. The maximum Gasteiger partial charge on any atom is 0.337 e. The second-order valence-corrected chi connectivity index (χ2v) is 13.0. The summed E-state index contributed by atoms with van der Waals surface area (Å²) in [7, 11) is 1.34.